The van der Waals surface area contributed by atoms with Crippen LogP contribution in [0.3, 0.4) is 0 Å². The number of rotatable bonds is 4. The van der Waals surface area contributed by atoms with Gasteiger partial charge in [-0.15, -0.1) is 11.3 Å². The van der Waals surface area contributed by atoms with Crippen molar-refractivity contribution in [2.75, 3.05) is 6.54 Å². The number of thiophene rings is 1. The lowest BCUT2D eigenvalue weighted by Crippen LogP contribution is -2.56. The molecule has 3 unspecified atom stereocenters. The molecule has 1 saturated carbocycles. The molecule has 1 fully saturated rings. The summed E-state index contributed by atoms with van der Waals surface area (Å²) in [6, 6.07) is 2.82. The molecule has 1 nitrogen and oxygen atoms in total. The van der Waals surface area contributed by atoms with Gasteiger partial charge in [0.2, 0.25) is 0 Å². The normalized spacial score (nSPS) is 33.8. The highest BCUT2D eigenvalue weighted by Crippen LogP contribution is 2.55. The molecule has 0 radical (unpaired) electrons. The zero-order valence-corrected chi connectivity index (χ0v) is 11.8. The van der Waals surface area contributed by atoms with E-state index in [1.807, 2.05) is 0 Å². The van der Waals surface area contributed by atoms with Gasteiger partial charge in [-0.2, -0.15) is 0 Å². The van der Waals surface area contributed by atoms with E-state index in [0.717, 1.165) is 10.9 Å². The Morgan fingerprint density at radius 1 is 1.56 bits per heavy atom. The van der Waals surface area contributed by atoms with Crippen LogP contribution in [0.5, 0.6) is 0 Å². The fourth-order valence-electron chi connectivity index (χ4n) is 2.94. The van der Waals surface area contributed by atoms with Crippen molar-refractivity contribution in [3.63, 3.8) is 0 Å². The number of nitrogens with one attached hydrogen (secondary N) is 1. The van der Waals surface area contributed by atoms with E-state index in [9.17, 15) is 0 Å². The topological polar surface area (TPSA) is 12.0 Å². The summed E-state index contributed by atoms with van der Waals surface area (Å²) in [6.07, 6.45) is 2.48. The van der Waals surface area contributed by atoms with Crippen LogP contribution in [0.1, 0.15) is 45.1 Å². The van der Waals surface area contributed by atoms with Crippen LogP contribution in [-0.2, 0) is 0 Å². The quantitative estimate of drug-likeness (QED) is 0.849. The van der Waals surface area contributed by atoms with E-state index in [1.165, 1.54) is 18.4 Å². The van der Waals surface area contributed by atoms with E-state index in [2.05, 4.69) is 37.5 Å². The summed E-state index contributed by atoms with van der Waals surface area (Å²) < 4.78 is 0.917. The summed E-state index contributed by atoms with van der Waals surface area (Å²) in [4.78, 5) is 0. The summed E-state index contributed by atoms with van der Waals surface area (Å²) >= 11 is 7.68. The molecule has 0 aromatic carbocycles. The van der Waals surface area contributed by atoms with Crippen molar-refractivity contribution in [3.8, 4) is 0 Å². The van der Waals surface area contributed by atoms with Crippen molar-refractivity contribution < 1.29 is 0 Å². The number of hydrogen-bond donors (Lipinski definition) is 1. The first-order valence-electron chi connectivity index (χ1n) is 6.09. The summed E-state index contributed by atoms with van der Waals surface area (Å²) in [7, 11) is 0. The molecule has 16 heavy (non-hydrogen) atoms. The molecule has 0 spiro atoms. The zero-order chi connectivity index (χ0) is 11.8. The molecule has 1 aliphatic rings. The third-order valence-electron chi connectivity index (χ3n) is 4.27. The Kier molecular flexibility index (Phi) is 3.62. The molecular formula is C13H20ClNS. The van der Waals surface area contributed by atoms with Crippen LogP contribution < -0.4 is 5.32 Å². The van der Waals surface area contributed by atoms with Crippen LogP contribution in [0.15, 0.2) is 11.4 Å². The van der Waals surface area contributed by atoms with Crippen LogP contribution in [0, 0.1) is 5.41 Å². The van der Waals surface area contributed by atoms with Crippen molar-refractivity contribution in [1.29, 1.82) is 0 Å². The molecule has 0 bridgehead atoms. The molecule has 3 heteroatoms. The first-order valence-corrected chi connectivity index (χ1v) is 7.34. The van der Waals surface area contributed by atoms with E-state index in [0.29, 0.717) is 17.4 Å². The Morgan fingerprint density at radius 3 is 2.81 bits per heavy atom. The third kappa shape index (κ3) is 1.92. The van der Waals surface area contributed by atoms with Crippen molar-refractivity contribution in [3.05, 3.63) is 21.3 Å². The van der Waals surface area contributed by atoms with Gasteiger partial charge in [0.15, 0.2) is 0 Å². The van der Waals surface area contributed by atoms with Crippen LogP contribution >= 0.6 is 22.9 Å². The minimum absolute atomic E-state index is 0.403. The largest absolute Gasteiger partial charge is 0.314 e. The highest BCUT2D eigenvalue weighted by molar-refractivity contribution is 7.14. The van der Waals surface area contributed by atoms with E-state index in [-0.39, 0.29) is 0 Å². The Bertz CT molecular complexity index is 363. The van der Waals surface area contributed by atoms with E-state index in [1.54, 1.807) is 11.3 Å². The maximum Gasteiger partial charge on any atom is 0.0931 e. The van der Waals surface area contributed by atoms with Crippen LogP contribution in [0.25, 0.3) is 0 Å². The third-order valence-corrected chi connectivity index (χ3v) is 5.38. The second kappa shape index (κ2) is 4.67. The molecule has 1 heterocycles. The maximum absolute atomic E-state index is 6.02. The summed E-state index contributed by atoms with van der Waals surface area (Å²) in [5.41, 5.74) is 1.84. The van der Waals surface area contributed by atoms with Gasteiger partial charge in [-0.05, 0) is 47.7 Å². The molecule has 0 aliphatic heterocycles. The molecule has 3 atom stereocenters. The number of halogens is 1. The second-order valence-electron chi connectivity index (χ2n) is 4.94. The smallest absolute Gasteiger partial charge is 0.0931 e. The van der Waals surface area contributed by atoms with E-state index >= 15 is 0 Å². The summed E-state index contributed by atoms with van der Waals surface area (Å²) in [5.74, 6) is 0.685. The molecular weight excluding hydrogens is 238 g/mol. The molecule has 0 amide bonds. The van der Waals surface area contributed by atoms with Crippen molar-refractivity contribution >= 4 is 22.9 Å². The average molecular weight is 258 g/mol. The SMILES string of the molecule is CCNC1CC(c2csc(Cl)c2)C1(C)CC. The maximum atomic E-state index is 6.02. The minimum Gasteiger partial charge on any atom is -0.314 e. The van der Waals surface area contributed by atoms with Gasteiger partial charge < -0.3 is 5.32 Å². The molecule has 1 N–H and O–H groups in total. The lowest BCUT2D eigenvalue weighted by atomic mass is 9.54. The first-order chi connectivity index (χ1) is 7.61. The lowest BCUT2D eigenvalue weighted by Gasteiger charge is -2.54. The van der Waals surface area contributed by atoms with Crippen LogP contribution in [0.2, 0.25) is 4.34 Å². The van der Waals surface area contributed by atoms with Crippen LogP contribution in [0.4, 0.5) is 0 Å². The van der Waals surface area contributed by atoms with Gasteiger partial charge in [-0.3, -0.25) is 0 Å². The number of hydrogen-bond acceptors (Lipinski definition) is 2. The van der Waals surface area contributed by atoms with Gasteiger partial charge >= 0.3 is 0 Å². The Balaban J connectivity index is 2.14. The predicted molar refractivity (Wildman–Crippen MR) is 72.5 cm³/mol. The average Bonchev–Trinajstić information content (AvgIpc) is 2.68. The first kappa shape index (κ1) is 12.4. The predicted octanol–water partition coefficient (Wildman–Crippen LogP) is 4.28. The van der Waals surface area contributed by atoms with Gasteiger partial charge in [0.05, 0.1) is 4.34 Å². The fourth-order valence-corrected chi connectivity index (χ4v) is 3.88. The van der Waals surface area contributed by atoms with E-state index in [4.69, 9.17) is 11.6 Å². The van der Waals surface area contributed by atoms with Gasteiger partial charge in [0.1, 0.15) is 0 Å². The monoisotopic (exact) mass is 257 g/mol. The van der Waals surface area contributed by atoms with Gasteiger partial charge in [0.25, 0.3) is 0 Å². The highest BCUT2D eigenvalue weighted by Gasteiger charge is 2.50. The van der Waals surface area contributed by atoms with Crippen LogP contribution in [-0.4, -0.2) is 12.6 Å². The van der Waals surface area contributed by atoms with Gasteiger partial charge in [-0.1, -0.05) is 32.4 Å². The van der Waals surface area contributed by atoms with Crippen molar-refractivity contribution in [2.24, 2.45) is 5.41 Å². The Labute approximate surface area is 107 Å². The Hall–Kier alpha value is -0.0500. The second-order valence-corrected chi connectivity index (χ2v) is 6.48. The van der Waals surface area contributed by atoms with Gasteiger partial charge in [-0.25, -0.2) is 0 Å². The highest BCUT2D eigenvalue weighted by atomic mass is 35.5. The molecule has 90 valence electrons. The Morgan fingerprint density at radius 2 is 2.31 bits per heavy atom. The van der Waals surface area contributed by atoms with Gasteiger partial charge in [0, 0.05) is 6.04 Å². The zero-order valence-electron chi connectivity index (χ0n) is 10.2. The van der Waals surface area contributed by atoms with Crippen molar-refractivity contribution in [1.82, 2.24) is 5.32 Å². The molecule has 2 rings (SSSR count). The molecule has 1 aromatic rings. The minimum atomic E-state index is 0.403. The summed E-state index contributed by atoms with van der Waals surface area (Å²) in [6.45, 7) is 7.95. The molecule has 0 saturated heterocycles. The van der Waals surface area contributed by atoms with Crippen molar-refractivity contribution in [2.45, 2.75) is 45.6 Å². The summed E-state index contributed by atoms with van der Waals surface area (Å²) in [5, 5.41) is 5.83. The fraction of sp³-hybridized carbons (Fsp3) is 0.692. The standard InChI is InChI=1S/C13H20ClNS/c1-4-13(3)10(7-11(13)15-5-2)9-6-12(14)16-8-9/h6,8,10-11,15H,4-5,7H2,1-3H3. The van der Waals surface area contributed by atoms with E-state index < -0.39 is 0 Å². The molecule has 1 aromatic heterocycles. The molecule has 1 aliphatic carbocycles. The lowest BCUT2D eigenvalue weighted by molar-refractivity contribution is 0.0458.